The molecule has 4 aromatic rings. The standard InChI is InChI=1S/C21H29N7O.C17H29NS/c1-21(2,3)17-11-15-13-28(20(29)27-18(15)26-17)16-7-5-14(6-8-16)12-24-9-4-10-25-19(22)23;1-17(2,3)16-12-14(7-5-6-9-18)11-15(13-16)8-10-19-4/h5-8,11,13,24H,4,9-10,12H2,1-3H3,(H4,22,23,25)(H,26,27,29);11-13H,5-10,18H2,1-4H3. The lowest BCUT2D eigenvalue weighted by Crippen LogP contribution is -2.23. The average molecular weight is 675 g/mol. The summed E-state index contributed by atoms with van der Waals surface area (Å²) in [6.07, 6.45) is 9.54. The van der Waals surface area contributed by atoms with Crippen LogP contribution in [-0.2, 0) is 30.2 Å². The molecule has 4 rings (SSSR count). The van der Waals surface area contributed by atoms with E-state index in [4.69, 9.17) is 17.2 Å². The van der Waals surface area contributed by atoms with Crippen molar-refractivity contribution in [1.82, 2.24) is 19.9 Å². The molecule has 0 spiro atoms. The van der Waals surface area contributed by atoms with Crippen molar-refractivity contribution in [2.75, 3.05) is 31.6 Å². The highest BCUT2D eigenvalue weighted by molar-refractivity contribution is 7.98. The number of unbranched alkanes of at least 4 members (excludes halogenated alkanes) is 1. The molecule has 48 heavy (non-hydrogen) atoms. The monoisotopic (exact) mass is 674 g/mol. The summed E-state index contributed by atoms with van der Waals surface area (Å²) < 4.78 is 1.58. The van der Waals surface area contributed by atoms with Gasteiger partial charge in [-0.3, -0.25) is 9.56 Å². The lowest BCUT2D eigenvalue weighted by molar-refractivity contribution is 0.574. The Morgan fingerprint density at radius 2 is 1.60 bits per heavy atom. The van der Waals surface area contributed by atoms with E-state index < -0.39 is 0 Å². The minimum Gasteiger partial charge on any atom is -0.370 e. The fraction of sp³-hybridized carbons (Fsp3) is 0.500. The van der Waals surface area contributed by atoms with Crippen LogP contribution in [0.3, 0.4) is 0 Å². The molecule has 0 atom stereocenters. The Bertz CT molecular complexity index is 1660. The Morgan fingerprint density at radius 3 is 2.21 bits per heavy atom. The van der Waals surface area contributed by atoms with E-state index in [9.17, 15) is 4.79 Å². The van der Waals surface area contributed by atoms with Gasteiger partial charge in [-0.15, -0.1) is 0 Å². The number of nitrogens with one attached hydrogen (secondary N) is 2. The Morgan fingerprint density at radius 1 is 0.917 bits per heavy atom. The van der Waals surface area contributed by atoms with Crippen molar-refractivity contribution in [3.8, 4) is 5.69 Å². The molecule has 0 fully saturated rings. The predicted molar refractivity (Wildman–Crippen MR) is 207 cm³/mol. The van der Waals surface area contributed by atoms with Gasteiger partial charge in [0.05, 0.1) is 5.69 Å². The zero-order valence-electron chi connectivity index (χ0n) is 30.2. The number of benzene rings is 2. The molecule has 0 saturated carbocycles. The first-order valence-electron chi connectivity index (χ1n) is 17.0. The molecule has 2 heterocycles. The Labute approximate surface area is 291 Å². The Balaban J connectivity index is 0.000000286. The topological polar surface area (TPSA) is 153 Å². The van der Waals surface area contributed by atoms with Gasteiger partial charge in [-0.25, -0.2) is 4.79 Å². The molecule has 0 amide bonds. The van der Waals surface area contributed by atoms with E-state index in [2.05, 4.69) is 92.3 Å². The second-order valence-corrected chi connectivity index (χ2v) is 15.4. The highest BCUT2D eigenvalue weighted by Gasteiger charge is 2.18. The van der Waals surface area contributed by atoms with Crippen molar-refractivity contribution < 1.29 is 0 Å². The maximum Gasteiger partial charge on any atom is 0.354 e. The van der Waals surface area contributed by atoms with Gasteiger partial charge in [-0.05, 0) is 103 Å². The fourth-order valence-corrected chi connectivity index (χ4v) is 5.62. The number of nitrogens with zero attached hydrogens (tertiary/aromatic N) is 3. The first-order chi connectivity index (χ1) is 22.7. The number of aromatic amines is 1. The molecule has 0 aliphatic rings. The van der Waals surface area contributed by atoms with E-state index in [1.165, 1.54) is 35.3 Å². The quantitative estimate of drug-likeness (QED) is 0.0631. The van der Waals surface area contributed by atoms with Gasteiger partial charge in [0.1, 0.15) is 5.65 Å². The maximum absolute atomic E-state index is 12.5. The average Bonchev–Trinajstić information content (AvgIpc) is 3.45. The molecule has 0 bridgehead atoms. The molecule has 0 aliphatic heterocycles. The van der Waals surface area contributed by atoms with Crippen LogP contribution >= 0.6 is 11.8 Å². The van der Waals surface area contributed by atoms with Gasteiger partial charge in [0.15, 0.2) is 5.96 Å². The SMILES string of the molecule is CC(C)(C)c1cc2cn(-c3ccc(CNCCCN=C(N)N)cc3)c(=O)nc2[nH]1.CSCCc1cc(CCCCN)cc(C(C)(C)C)c1. The van der Waals surface area contributed by atoms with E-state index in [1.54, 1.807) is 4.57 Å². The van der Waals surface area contributed by atoms with Gasteiger partial charge >= 0.3 is 5.69 Å². The predicted octanol–water partition coefficient (Wildman–Crippen LogP) is 5.94. The van der Waals surface area contributed by atoms with Crippen molar-refractivity contribution in [2.24, 2.45) is 22.2 Å². The van der Waals surface area contributed by atoms with Crippen LogP contribution in [0.1, 0.15) is 88.8 Å². The number of guanidine groups is 1. The van der Waals surface area contributed by atoms with Crippen molar-refractivity contribution in [3.05, 3.63) is 93.2 Å². The third-order valence-corrected chi connectivity index (χ3v) is 8.71. The summed E-state index contributed by atoms with van der Waals surface area (Å²) in [5.74, 6) is 1.33. The molecular formula is C38H58N8OS. The zero-order chi connectivity index (χ0) is 35.3. The van der Waals surface area contributed by atoms with Crippen LogP contribution in [0, 0.1) is 0 Å². The van der Waals surface area contributed by atoms with Crippen molar-refractivity contribution in [1.29, 1.82) is 0 Å². The third kappa shape index (κ3) is 12.5. The summed E-state index contributed by atoms with van der Waals surface area (Å²) in [6.45, 7) is 16.2. The van der Waals surface area contributed by atoms with Gasteiger partial charge in [0.25, 0.3) is 0 Å². The maximum atomic E-state index is 12.5. The number of H-pyrrole nitrogens is 1. The summed E-state index contributed by atoms with van der Waals surface area (Å²) in [7, 11) is 0. The molecule has 0 aliphatic carbocycles. The van der Waals surface area contributed by atoms with Crippen LogP contribution in [0.5, 0.6) is 0 Å². The number of rotatable bonds is 14. The number of fused-ring (bicyclic) bond motifs is 1. The molecule has 262 valence electrons. The second-order valence-electron chi connectivity index (χ2n) is 14.4. The summed E-state index contributed by atoms with van der Waals surface area (Å²) >= 11 is 1.92. The smallest absolute Gasteiger partial charge is 0.354 e. The summed E-state index contributed by atoms with van der Waals surface area (Å²) in [4.78, 5) is 23.9. The molecule has 2 aromatic carbocycles. The van der Waals surface area contributed by atoms with E-state index in [1.807, 2.05) is 42.2 Å². The number of aryl methyl sites for hydroxylation is 2. The molecule has 0 saturated heterocycles. The Kier molecular flexibility index (Phi) is 14.8. The fourth-order valence-electron chi connectivity index (χ4n) is 5.18. The zero-order valence-corrected chi connectivity index (χ0v) is 31.0. The first-order valence-corrected chi connectivity index (χ1v) is 18.4. The van der Waals surface area contributed by atoms with Gasteiger partial charge in [-0.2, -0.15) is 16.7 Å². The molecule has 0 unspecified atom stereocenters. The lowest BCUT2D eigenvalue weighted by Gasteiger charge is -2.21. The van der Waals surface area contributed by atoms with Crippen molar-refractivity contribution >= 4 is 28.8 Å². The number of aromatic nitrogens is 3. The Hall–Kier alpha value is -3.60. The summed E-state index contributed by atoms with van der Waals surface area (Å²) in [5.41, 5.74) is 24.1. The van der Waals surface area contributed by atoms with Crippen molar-refractivity contribution in [3.63, 3.8) is 0 Å². The largest absolute Gasteiger partial charge is 0.370 e. The number of hydrogen-bond donors (Lipinski definition) is 5. The second kappa shape index (κ2) is 18.2. The molecular weight excluding hydrogens is 617 g/mol. The van der Waals surface area contributed by atoms with Gasteiger partial charge < -0.3 is 27.5 Å². The van der Waals surface area contributed by atoms with Gasteiger partial charge in [0, 0.05) is 35.8 Å². The minimum absolute atomic E-state index is 0.0352. The third-order valence-electron chi connectivity index (χ3n) is 8.10. The van der Waals surface area contributed by atoms with Gasteiger partial charge in [0.2, 0.25) is 0 Å². The van der Waals surface area contributed by atoms with Crippen LogP contribution in [0.2, 0.25) is 0 Å². The van der Waals surface area contributed by atoms with Crippen LogP contribution in [0.4, 0.5) is 0 Å². The van der Waals surface area contributed by atoms with E-state index >= 15 is 0 Å². The number of nitrogens with two attached hydrogens (primary N) is 3. The van der Waals surface area contributed by atoms with Crippen LogP contribution < -0.4 is 28.2 Å². The molecule has 2 aromatic heterocycles. The summed E-state index contributed by atoms with van der Waals surface area (Å²) in [6, 6.07) is 17.1. The number of hydrogen-bond acceptors (Lipinski definition) is 6. The van der Waals surface area contributed by atoms with E-state index in [0.717, 1.165) is 61.2 Å². The molecule has 0 radical (unpaired) electrons. The van der Waals surface area contributed by atoms with E-state index in [-0.39, 0.29) is 22.5 Å². The minimum atomic E-state index is -0.301. The number of aliphatic imine (C=N–C) groups is 1. The molecule has 10 heteroatoms. The van der Waals surface area contributed by atoms with Gasteiger partial charge in [-0.1, -0.05) is 71.9 Å². The highest BCUT2D eigenvalue weighted by atomic mass is 32.2. The van der Waals surface area contributed by atoms with Crippen LogP contribution in [-0.4, -0.2) is 52.1 Å². The van der Waals surface area contributed by atoms with Crippen LogP contribution in [0.25, 0.3) is 16.7 Å². The molecule has 9 nitrogen and oxygen atoms in total. The van der Waals surface area contributed by atoms with Crippen LogP contribution in [0.15, 0.2) is 64.5 Å². The lowest BCUT2D eigenvalue weighted by atomic mass is 9.84. The highest BCUT2D eigenvalue weighted by Crippen LogP contribution is 2.26. The normalized spacial score (nSPS) is 11.8. The first kappa shape index (κ1) is 38.8. The van der Waals surface area contributed by atoms with E-state index in [0.29, 0.717) is 12.2 Å². The number of thioether (sulfide) groups is 1. The molecule has 8 N–H and O–H groups in total. The van der Waals surface area contributed by atoms with Crippen molar-refractivity contribution in [2.45, 2.75) is 91.0 Å². The summed E-state index contributed by atoms with van der Waals surface area (Å²) in [5, 5.41) is 4.27.